The zero-order valence-electron chi connectivity index (χ0n) is 24.3. The smallest absolute Gasteiger partial charge is 0.322 e. The standard InChI is InChI=1S/C32H38Cl2FN3O4/c1-16(36)29(40)42-19-10-8-17(12-19)13-24(39)28-26(20-6-5-7-22(34)27(20)35)32(25(38-28)15-31(2,3)4)21-11-9-18(33)14-23(21)37-30(32)41/h5-7,9,11,14,16-17,19,25-26,28,38H,8,10,12-13,15,36H2,1-4H3,(H,37,41)/t16-,17?,19+,25+,26-,28-,32-/m0/s1. The predicted octanol–water partition coefficient (Wildman–Crippen LogP) is 5.90. The van der Waals surface area contributed by atoms with E-state index in [1.54, 1.807) is 31.2 Å². The van der Waals surface area contributed by atoms with Crippen LogP contribution in [0.3, 0.4) is 0 Å². The summed E-state index contributed by atoms with van der Waals surface area (Å²) in [6, 6.07) is 7.90. The van der Waals surface area contributed by atoms with E-state index >= 15 is 4.39 Å². The molecule has 2 aliphatic heterocycles. The number of fused-ring (bicyclic) bond motifs is 2. The van der Waals surface area contributed by atoms with Crippen molar-refractivity contribution in [2.24, 2.45) is 17.1 Å². The zero-order chi connectivity index (χ0) is 30.6. The third kappa shape index (κ3) is 5.59. The van der Waals surface area contributed by atoms with Gasteiger partial charge >= 0.3 is 5.97 Å². The number of esters is 1. The molecule has 4 N–H and O–H groups in total. The fraction of sp³-hybridized carbons (Fsp3) is 0.531. The Balaban J connectivity index is 1.57. The van der Waals surface area contributed by atoms with E-state index in [1.165, 1.54) is 6.07 Å². The van der Waals surface area contributed by atoms with Gasteiger partial charge < -0.3 is 21.1 Å². The molecular formula is C32H38Cl2FN3O4. The first kappa shape index (κ1) is 30.9. The number of nitrogens with one attached hydrogen (secondary N) is 2. The highest BCUT2D eigenvalue weighted by molar-refractivity contribution is 6.31. The molecule has 2 heterocycles. The van der Waals surface area contributed by atoms with Crippen molar-refractivity contribution in [2.45, 2.75) is 95.4 Å². The minimum Gasteiger partial charge on any atom is -0.461 e. The number of anilines is 1. The van der Waals surface area contributed by atoms with Gasteiger partial charge in [0.05, 0.1) is 11.1 Å². The second kappa shape index (κ2) is 11.5. The van der Waals surface area contributed by atoms with Gasteiger partial charge in [-0.2, -0.15) is 0 Å². The van der Waals surface area contributed by atoms with Gasteiger partial charge in [0.2, 0.25) is 5.91 Å². The van der Waals surface area contributed by atoms with Crippen LogP contribution in [-0.2, 0) is 24.5 Å². The molecule has 7 nitrogen and oxygen atoms in total. The predicted molar refractivity (Wildman–Crippen MR) is 161 cm³/mol. The molecule has 42 heavy (non-hydrogen) atoms. The number of amides is 1. The third-order valence-electron chi connectivity index (χ3n) is 8.92. The molecule has 1 amide bonds. The van der Waals surface area contributed by atoms with Crippen LogP contribution in [0.2, 0.25) is 10.0 Å². The van der Waals surface area contributed by atoms with Crippen LogP contribution in [0.1, 0.15) is 76.8 Å². The fourth-order valence-electron chi connectivity index (χ4n) is 7.21. The average molecular weight is 619 g/mol. The Hall–Kier alpha value is -2.52. The summed E-state index contributed by atoms with van der Waals surface area (Å²) in [5, 5.41) is 6.93. The highest BCUT2D eigenvalue weighted by atomic mass is 35.5. The molecule has 2 aromatic carbocycles. The number of ketones is 1. The average Bonchev–Trinajstić information content (AvgIpc) is 3.55. The Labute approximate surface area is 256 Å². The molecule has 1 unspecified atom stereocenters. The molecule has 1 aliphatic carbocycles. The van der Waals surface area contributed by atoms with E-state index in [-0.39, 0.29) is 46.1 Å². The lowest BCUT2D eigenvalue weighted by atomic mass is 9.62. The first-order chi connectivity index (χ1) is 19.7. The van der Waals surface area contributed by atoms with Gasteiger partial charge in [-0.25, -0.2) is 4.39 Å². The van der Waals surface area contributed by atoms with Gasteiger partial charge in [-0.15, -0.1) is 0 Å². The summed E-state index contributed by atoms with van der Waals surface area (Å²) in [6.07, 6.45) is 2.36. The summed E-state index contributed by atoms with van der Waals surface area (Å²) in [5.41, 5.74) is 5.61. The number of nitrogens with two attached hydrogens (primary N) is 1. The van der Waals surface area contributed by atoms with Gasteiger partial charge in [0.15, 0.2) is 5.78 Å². The first-order valence-electron chi connectivity index (χ1n) is 14.5. The van der Waals surface area contributed by atoms with Crippen LogP contribution in [-0.4, -0.2) is 41.9 Å². The van der Waals surface area contributed by atoms with Gasteiger partial charge in [0, 0.05) is 29.1 Å². The summed E-state index contributed by atoms with van der Waals surface area (Å²) >= 11 is 12.6. The molecule has 0 radical (unpaired) electrons. The van der Waals surface area contributed by atoms with Crippen LogP contribution in [0.15, 0.2) is 36.4 Å². The Bertz CT molecular complexity index is 1410. The maximum atomic E-state index is 15.9. The van der Waals surface area contributed by atoms with Crippen LogP contribution in [0, 0.1) is 17.2 Å². The molecule has 2 fully saturated rings. The maximum absolute atomic E-state index is 15.9. The van der Waals surface area contributed by atoms with Crippen LogP contribution in [0.4, 0.5) is 10.1 Å². The number of hydrogen-bond donors (Lipinski definition) is 3. The second-order valence-electron chi connectivity index (χ2n) is 13.3. The first-order valence-corrected chi connectivity index (χ1v) is 15.3. The Morgan fingerprint density at radius 3 is 2.62 bits per heavy atom. The highest BCUT2D eigenvalue weighted by Gasteiger charge is 2.66. The zero-order valence-corrected chi connectivity index (χ0v) is 25.8. The fourth-order valence-corrected chi connectivity index (χ4v) is 7.56. The number of halogens is 3. The number of carbonyl (C=O) groups excluding carboxylic acids is 3. The van der Waals surface area contributed by atoms with Gasteiger partial charge in [-0.05, 0) is 73.3 Å². The Morgan fingerprint density at radius 2 is 1.93 bits per heavy atom. The van der Waals surface area contributed by atoms with Crippen molar-refractivity contribution in [3.63, 3.8) is 0 Å². The normalized spacial score (nSPS) is 29.4. The number of rotatable bonds is 7. The second-order valence-corrected chi connectivity index (χ2v) is 14.1. The summed E-state index contributed by atoms with van der Waals surface area (Å²) in [5.74, 6) is -2.40. The van der Waals surface area contributed by atoms with E-state index in [0.717, 1.165) is 0 Å². The minimum absolute atomic E-state index is 0.0175. The number of hydrogen-bond acceptors (Lipinski definition) is 6. The van der Waals surface area contributed by atoms with Gasteiger partial charge in [-0.1, -0.05) is 62.2 Å². The molecule has 0 bridgehead atoms. The van der Waals surface area contributed by atoms with Crippen LogP contribution >= 0.6 is 23.2 Å². The van der Waals surface area contributed by atoms with Crippen molar-refractivity contribution in [3.8, 4) is 0 Å². The molecule has 10 heteroatoms. The SMILES string of the molecule is C[C@H](N)C(=O)O[C@@H]1CCC(CC(=O)[C@@H]2N[C@H](CC(C)(C)C)[C@]3(C(=O)Nc4cc(Cl)ccc43)[C@H]2c2cccc(Cl)c2F)C1. The van der Waals surface area contributed by atoms with E-state index in [4.69, 9.17) is 33.7 Å². The molecular weight excluding hydrogens is 580 g/mol. The summed E-state index contributed by atoms with van der Waals surface area (Å²) in [7, 11) is 0. The van der Waals surface area contributed by atoms with E-state index in [9.17, 15) is 14.4 Å². The van der Waals surface area contributed by atoms with Crippen molar-refractivity contribution in [3.05, 3.63) is 63.4 Å². The topological polar surface area (TPSA) is 111 Å². The molecule has 226 valence electrons. The third-order valence-corrected chi connectivity index (χ3v) is 9.45. The molecule has 3 aliphatic rings. The largest absolute Gasteiger partial charge is 0.461 e. The minimum atomic E-state index is -1.29. The molecule has 1 saturated carbocycles. The van der Waals surface area contributed by atoms with Crippen molar-refractivity contribution >= 4 is 46.5 Å². The summed E-state index contributed by atoms with van der Waals surface area (Å²) < 4.78 is 21.4. The Morgan fingerprint density at radius 1 is 1.19 bits per heavy atom. The lowest BCUT2D eigenvalue weighted by molar-refractivity contribution is -0.150. The number of Topliss-reactive ketones (excluding diaryl/α,β-unsaturated/α-hetero) is 1. The number of carbonyl (C=O) groups is 3. The molecule has 7 atom stereocenters. The lowest BCUT2D eigenvalue weighted by Crippen LogP contribution is -2.49. The Kier molecular flexibility index (Phi) is 8.49. The maximum Gasteiger partial charge on any atom is 0.322 e. The van der Waals surface area contributed by atoms with Crippen molar-refractivity contribution in [2.75, 3.05) is 5.32 Å². The van der Waals surface area contributed by atoms with Gasteiger partial charge in [-0.3, -0.25) is 14.4 Å². The van der Waals surface area contributed by atoms with E-state index in [1.807, 2.05) is 6.07 Å². The monoisotopic (exact) mass is 617 g/mol. The number of benzene rings is 2. The van der Waals surface area contributed by atoms with Gasteiger partial charge in [0.1, 0.15) is 23.4 Å². The van der Waals surface area contributed by atoms with E-state index in [2.05, 4.69) is 31.4 Å². The van der Waals surface area contributed by atoms with Crippen molar-refractivity contribution in [1.29, 1.82) is 0 Å². The quantitative estimate of drug-likeness (QED) is 0.334. The van der Waals surface area contributed by atoms with Gasteiger partial charge in [0.25, 0.3) is 0 Å². The molecule has 5 rings (SSSR count). The molecule has 0 aromatic heterocycles. The van der Waals surface area contributed by atoms with Crippen molar-refractivity contribution < 1.29 is 23.5 Å². The summed E-state index contributed by atoms with van der Waals surface area (Å²) in [4.78, 5) is 40.5. The highest BCUT2D eigenvalue weighted by Crippen LogP contribution is 2.57. The summed E-state index contributed by atoms with van der Waals surface area (Å²) in [6.45, 7) is 7.80. The lowest BCUT2D eigenvalue weighted by Gasteiger charge is -2.37. The van der Waals surface area contributed by atoms with Crippen molar-refractivity contribution in [1.82, 2.24) is 5.32 Å². The van der Waals surface area contributed by atoms with E-state index < -0.39 is 41.2 Å². The van der Waals surface area contributed by atoms with Crippen LogP contribution in [0.25, 0.3) is 0 Å². The van der Waals surface area contributed by atoms with Crippen LogP contribution < -0.4 is 16.4 Å². The van der Waals surface area contributed by atoms with Crippen LogP contribution in [0.5, 0.6) is 0 Å². The number of ether oxygens (including phenoxy) is 1. The van der Waals surface area contributed by atoms with E-state index in [0.29, 0.717) is 42.0 Å². The molecule has 1 saturated heterocycles. The molecule has 2 aromatic rings. The molecule has 1 spiro atoms.